The van der Waals surface area contributed by atoms with Gasteiger partial charge in [-0.2, -0.15) is 0 Å². The average molecular weight is 379 g/mol. The molecule has 0 bridgehead atoms. The van der Waals surface area contributed by atoms with Crippen LogP contribution in [0, 0.1) is 0 Å². The zero-order valence-electron chi connectivity index (χ0n) is 11.9. The summed E-state index contributed by atoms with van der Waals surface area (Å²) in [6.45, 7) is 5.11. The molecular weight excluding hydrogens is 362 g/mol. The maximum atomic E-state index is 11.7. The molecule has 0 aliphatic rings. The lowest BCUT2D eigenvalue weighted by atomic mass is 10.1. The average Bonchev–Trinajstić information content (AvgIpc) is 2.30. The number of hydrogen-bond donors (Lipinski definition) is 2. The lowest BCUT2D eigenvalue weighted by Gasteiger charge is -2.22. The molecule has 1 atom stereocenters. The molecule has 2 N–H and O–H groups in total. The largest absolute Gasteiger partial charge is 0.480 e. The molecule has 1 aromatic rings. The highest BCUT2D eigenvalue weighted by Gasteiger charge is 2.24. The molecule has 0 spiro atoms. The van der Waals surface area contributed by atoms with Crippen molar-refractivity contribution in [2.75, 3.05) is 0 Å². The van der Waals surface area contributed by atoms with E-state index in [9.17, 15) is 14.7 Å². The number of amides is 1. The van der Waals surface area contributed by atoms with E-state index in [1.165, 1.54) is 0 Å². The fraction of sp³-hybridized carbons (Fsp3) is 0.429. The van der Waals surface area contributed by atoms with Crippen LogP contribution in [0.15, 0.2) is 22.7 Å². The summed E-state index contributed by atoms with van der Waals surface area (Å²) in [5, 5.41) is 12.0. The van der Waals surface area contributed by atoms with Gasteiger partial charge in [-0.1, -0.05) is 27.5 Å². The Morgan fingerprint density at radius 1 is 1.43 bits per heavy atom. The Morgan fingerprint density at radius 2 is 2.05 bits per heavy atom. The quantitative estimate of drug-likeness (QED) is 0.839. The van der Waals surface area contributed by atoms with E-state index in [0.717, 1.165) is 4.47 Å². The molecule has 0 saturated heterocycles. The number of alkyl carbamates (subject to hydrolysis) is 1. The summed E-state index contributed by atoms with van der Waals surface area (Å²) in [6.07, 6.45) is -0.714. The first kappa shape index (κ1) is 17.8. The van der Waals surface area contributed by atoms with E-state index in [1.54, 1.807) is 39.0 Å². The molecule has 116 valence electrons. The van der Waals surface area contributed by atoms with Gasteiger partial charge in [-0.3, -0.25) is 0 Å². The van der Waals surface area contributed by atoms with Crippen LogP contribution in [0.1, 0.15) is 26.3 Å². The van der Waals surface area contributed by atoms with Gasteiger partial charge in [-0.25, -0.2) is 9.59 Å². The van der Waals surface area contributed by atoms with Crippen LogP contribution in [-0.4, -0.2) is 28.8 Å². The molecule has 0 saturated carbocycles. The third-order valence-electron chi connectivity index (χ3n) is 2.42. The van der Waals surface area contributed by atoms with Crippen LogP contribution < -0.4 is 5.32 Å². The van der Waals surface area contributed by atoms with Gasteiger partial charge in [-0.15, -0.1) is 0 Å². The van der Waals surface area contributed by atoms with Gasteiger partial charge in [0.2, 0.25) is 0 Å². The van der Waals surface area contributed by atoms with Crippen LogP contribution >= 0.6 is 27.5 Å². The minimum Gasteiger partial charge on any atom is -0.480 e. The summed E-state index contributed by atoms with van der Waals surface area (Å²) < 4.78 is 5.84. The Balaban J connectivity index is 2.81. The zero-order chi connectivity index (χ0) is 16.2. The molecule has 0 heterocycles. The second kappa shape index (κ2) is 7.13. The number of ether oxygens (including phenoxy) is 1. The summed E-state index contributed by atoms with van der Waals surface area (Å²) in [4.78, 5) is 23.0. The van der Waals surface area contributed by atoms with E-state index >= 15 is 0 Å². The second-order valence-electron chi connectivity index (χ2n) is 5.48. The SMILES string of the molecule is CC(C)(C)OC(=O)N[C@H](Cc1cc(Br)ccc1Cl)C(=O)O. The Morgan fingerprint density at radius 3 is 2.57 bits per heavy atom. The highest BCUT2D eigenvalue weighted by Crippen LogP contribution is 2.22. The maximum Gasteiger partial charge on any atom is 0.408 e. The van der Waals surface area contributed by atoms with E-state index in [2.05, 4.69) is 21.2 Å². The van der Waals surface area contributed by atoms with Crippen molar-refractivity contribution >= 4 is 39.6 Å². The third kappa shape index (κ3) is 6.35. The molecule has 1 rings (SSSR count). The fourth-order valence-corrected chi connectivity index (χ4v) is 2.17. The van der Waals surface area contributed by atoms with Gasteiger partial charge >= 0.3 is 12.1 Å². The molecule has 7 heteroatoms. The Hall–Kier alpha value is -1.27. The van der Waals surface area contributed by atoms with Crippen molar-refractivity contribution in [3.8, 4) is 0 Å². The van der Waals surface area contributed by atoms with Crippen molar-refractivity contribution < 1.29 is 19.4 Å². The number of nitrogens with one attached hydrogen (secondary N) is 1. The van der Waals surface area contributed by atoms with Crippen LogP contribution in [0.5, 0.6) is 0 Å². The predicted molar refractivity (Wildman–Crippen MR) is 83.6 cm³/mol. The van der Waals surface area contributed by atoms with Gasteiger partial charge in [0.05, 0.1) is 0 Å². The molecule has 0 aromatic heterocycles. The Bertz CT molecular complexity index is 542. The number of carbonyl (C=O) groups is 2. The van der Waals surface area contributed by atoms with Crippen molar-refractivity contribution in [2.45, 2.75) is 38.8 Å². The van der Waals surface area contributed by atoms with Crippen molar-refractivity contribution in [3.05, 3.63) is 33.3 Å². The maximum absolute atomic E-state index is 11.7. The third-order valence-corrected chi connectivity index (χ3v) is 3.28. The first-order valence-electron chi connectivity index (χ1n) is 6.25. The van der Waals surface area contributed by atoms with E-state index in [4.69, 9.17) is 16.3 Å². The monoisotopic (exact) mass is 377 g/mol. The standard InChI is InChI=1S/C14H17BrClNO4/c1-14(2,3)21-13(20)17-11(12(18)19)7-8-6-9(15)4-5-10(8)16/h4-6,11H,7H2,1-3H3,(H,17,20)(H,18,19)/t11-/m1/s1. The number of rotatable bonds is 4. The van der Waals surface area contributed by atoms with Gasteiger partial charge in [0.25, 0.3) is 0 Å². The smallest absolute Gasteiger partial charge is 0.408 e. The zero-order valence-corrected chi connectivity index (χ0v) is 14.3. The Labute approximate surface area is 136 Å². The first-order valence-corrected chi connectivity index (χ1v) is 7.42. The van der Waals surface area contributed by atoms with Gasteiger partial charge in [0, 0.05) is 15.9 Å². The van der Waals surface area contributed by atoms with Crippen molar-refractivity contribution in [2.24, 2.45) is 0 Å². The van der Waals surface area contributed by atoms with Gasteiger partial charge in [0.15, 0.2) is 0 Å². The summed E-state index contributed by atoms with van der Waals surface area (Å²) in [6, 6.07) is 4.01. The number of carboxylic acid groups (broad SMARTS) is 1. The van der Waals surface area contributed by atoms with Crippen LogP contribution in [-0.2, 0) is 16.0 Å². The number of benzene rings is 1. The lowest BCUT2D eigenvalue weighted by molar-refractivity contribution is -0.139. The molecule has 5 nitrogen and oxygen atoms in total. The van der Waals surface area contributed by atoms with Gasteiger partial charge in [-0.05, 0) is 44.5 Å². The fourth-order valence-electron chi connectivity index (χ4n) is 1.57. The summed E-state index contributed by atoms with van der Waals surface area (Å²) >= 11 is 9.33. The van der Waals surface area contributed by atoms with E-state index in [-0.39, 0.29) is 6.42 Å². The number of halogens is 2. The van der Waals surface area contributed by atoms with E-state index in [0.29, 0.717) is 10.6 Å². The number of carboxylic acids is 1. The molecule has 0 unspecified atom stereocenters. The molecule has 1 amide bonds. The second-order valence-corrected chi connectivity index (χ2v) is 6.80. The number of aliphatic carboxylic acids is 1. The number of hydrogen-bond acceptors (Lipinski definition) is 3. The van der Waals surface area contributed by atoms with Crippen LogP contribution in [0.4, 0.5) is 4.79 Å². The Kier molecular flexibility index (Phi) is 6.04. The van der Waals surface area contributed by atoms with Crippen molar-refractivity contribution in [1.29, 1.82) is 0 Å². The van der Waals surface area contributed by atoms with Gasteiger partial charge < -0.3 is 15.2 Å². The molecule has 0 radical (unpaired) electrons. The number of carbonyl (C=O) groups excluding carboxylic acids is 1. The van der Waals surface area contributed by atoms with E-state index in [1.807, 2.05) is 0 Å². The van der Waals surface area contributed by atoms with E-state index < -0.39 is 23.7 Å². The predicted octanol–water partition coefficient (Wildman–Crippen LogP) is 3.62. The summed E-state index contributed by atoms with van der Waals surface area (Å²) in [7, 11) is 0. The molecule has 0 fully saturated rings. The molecular formula is C14H17BrClNO4. The first-order chi connectivity index (χ1) is 9.58. The topological polar surface area (TPSA) is 75.6 Å². The van der Waals surface area contributed by atoms with Gasteiger partial charge in [0.1, 0.15) is 11.6 Å². The van der Waals surface area contributed by atoms with Crippen LogP contribution in [0.3, 0.4) is 0 Å². The van der Waals surface area contributed by atoms with Crippen LogP contribution in [0.2, 0.25) is 5.02 Å². The molecule has 0 aliphatic carbocycles. The molecule has 0 aliphatic heterocycles. The minimum atomic E-state index is -1.16. The van der Waals surface area contributed by atoms with Crippen molar-refractivity contribution in [1.82, 2.24) is 5.32 Å². The summed E-state index contributed by atoms with van der Waals surface area (Å²) in [5.41, 5.74) is -0.0740. The normalized spacial score (nSPS) is 12.6. The van der Waals surface area contributed by atoms with Crippen LogP contribution in [0.25, 0.3) is 0 Å². The summed E-state index contributed by atoms with van der Waals surface area (Å²) in [5.74, 6) is -1.16. The minimum absolute atomic E-state index is 0.0624. The lowest BCUT2D eigenvalue weighted by Crippen LogP contribution is -2.44. The molecule has 1 aromatic carbocycles. The highest BCUT2D eigenvalue weighted by atomic mass is 79.9. The highest BCUT2D eigenvalue weighted by molar-refractivity contribution is 9.10. The van der Waals surface area contributed by atoms with Crippen molar-refractivity contribution in [3.63, 3.8) is 0 Å². The molecule has 21 heavy (non-hydrogen) atoms.